The van der Waals surface area contributed by atoms with Crippen molar-refractivity contribution in [3.05, 3.63) is 36.1 Å². The molecule has 0 atom stereocenters. The second kappa shape index (κ2) is 3.82. The first-order chi connectivity index (χ1) is 6.07. The van der Waals surface area contributed by atoms with E-state index in [1.165, 1.54) is 24.1 Å². The van der Waals surface area contributed by atoms with Gasteiger partial charge in [0, 0.05) is 18.8 Å². The van der Waals surface area contributed by atoms with Crippen LogP contribution in [0.2, 0.25) is 0 Å². The Balaban J connectivity index is 2.84. The van der Waals surface area contributed by atoms with Gasteiger partial charge in [0.25, 0.3) is 0 Å². The lowest BCUT2D eigenvalue weighted by Gasteiger charge is -2.22. The highest BCUT2D eigenvalue weighted by Crippen LogP contribution is 2.30. The van der Waals surface area contributed by atoms with E-state index in [0.717, 1.165) is 11.6 Å². The summed E-state index contributed by atoms with van der Waals surface area (Å²) in [5, 5.41) is 0. The number of allylic oxidation sites excluding steroid dienone is 4. The third kappa shape index (κ3) is 2.24. The van der Waals surface area contributed by atoms with Crippen LogP contribution in [-0.4, -0.2) is 18.0 Å². The van der Waals surface area contributed by atoms with Crippen LogP contribution in [-0.2, 0) is 0 Å². The zero-order valence-corrected chi connectivity index (χ0v) is 8.93. The molecule has 0 bridgehead atoms. The highest BCUT2D eigenvalue weighted by molar-refractivity contribution is 5.39. The van der Waals surface area contributed by atoms with Crippen LogP contribution in [0.5, 0.6) is 0 Å². The van der Waals surface area contributed by atoms with Gasteiger partial charge in [-0.25, -0.2) is 0 Å². The third-order valence-corrected chi connectivity index (χ3v) is 2.68. The summed E-state index contributed by atoms with van der Waals surface area (Å²) in [4.78, 5) is 2.34. The first-order valence-corrected chi connectivity index (χ1v) is 4.80. The van der Waals surface area contributed by atoms with Gasteiger partial charge in [-0.1, -0.05) is 19.2 Å². The minimum Gasteiger partial charge on any atom is -0.375 e. The molecule has 1 nitrogen and oxygen atoms in total. The molecule has 1 saturated carbocycles. The number of hydrogen-bond donors (Lipinski definition) is 0. The van der Waals surface area contributed by atoms with E-state index in [0.29, 0.717) is 0 Å². The molecule has 1 heteroatoms. The Morgan fingerprint density at radius 2 is 1.92 bits per heavy atom. The van der Waals surface area contributed by atoms with Gasteiger partial charge in [0.15, 0.2) is 0 Å². The second-order valence-electron chi connectivity index (χ2n) is 3.83. The fraction of sp³-hybridized carbons (Fsp3) is 0.500. The summed E-state index contributed by atoms with van der Waals surface area (Å²) in [6.07, 6.45) is 4.56. The third-order valence-electron chi connectivity index (χ3n) is 2.68. The van der Waals surface area contributed by atoms with Gasteiger partial charge in [-0.3, -0.25) is 0 Å². The molecule has 0 heterocycles. The van der Waals surface area contributed by atoms with Gasteiger partial charge in [0.05, 0.1) is 0 Å². The largest absolute Gasteiger partial charge is 0.375 e. The number of hydrogen-bond acceptors (Lipinski definition) is 1. The lowest BCUT2D eigenvalue weighted by atomic mass is 10.1. The molecule has 0 saturated heterocycles. The molecular formula is C12H19N. The molecule has 0 N–H and O–H groups in total. The molecule has 0 radical (unpaired) electrons. The molecule has 0 aromatic carbocycles. The molecule has 0 aliphatic heterocycles. The van der Waals surface area contributed by atoms with Gasteiger partial charge in [0.1, 0.15) is 0 Å². The first kappa shape index (κ1) is 10.1. The van der Waals surface area contributed by atoms with Crippen molar-refractivity contribution < 1.29 is 0 Å². The fourth-order valence-electron chi connectivity index (χ4n) is 1.56. The summed E-state index contributed by atoms with van der Waals surface area (Å²) >= 11 is 0. The number of nitrogens with zero attached hydrogens (tertiary/aromatic N) is 1. The van der Waals surface area contributed by atoms with E-state index in [1.807, 2.05) is 13.0 Å². The Kier molecular flexibility index (Phi) is 2.97. The van der Waals surface area contributed by atoms with Crippen LogP contribution in [0.3, 0.4) is 0 Å². The van der Waals surface area contributed by atoms with E-state index >= 15 is 0 Å². The van der Waals surface area contributed by atoms with E-state index in [9.17, 15) is 0 Å². The van der Waals surface area contributed by atoms with Gasteiger partial charge in [0.2, 0.25) is 0 Å². The highest BCUT2D eigenvalue weighted by Gasteiger charge is 2.26. The molecule has 72 valence electrons. The van der Waals surface area contributed by atoms with Gasteiger partial charge in [-0.15, -0.1) is 0 Å². The van der Waals surface area contributed by atoms with Crippen molar-refractivity contribution in [2.24, 2.45) is 0 Å². The predicted octanol–water partition coefficient (Wildman–Crippen LogP) is 3.12. The molecule has 1 aliphatic carbocycles. The molecule has 0 amide bonds. The SMILES string of the molecule is C=C/C(C(=C)C)=C(/C)N(C)C1CC1. The average Bonchev–Trinajstić information content (AvgIpc) is 2.85. The standard InChI is InChI=1S/C12H19N/c1-6-12(9(2)3)10(4)13(5)11-7-8-11/h6,11H,1-2,7-8H2,3-5H3/b12-10+. The minimum atomic E-state index is 0.759. The van der Waals surface area contributed by atoms with Crippen molar-refractivity contribution in [3.8, 4) is 0 Å². The molecule has 1 fully saturated rings. The van der Waals surface area contributed by atoms with Crippen LogP contribution in [0.15, 0.2) is 36.1 Å². The maximum absolute atomic E-state index is 3.95. The van der Waals surface area contributed by atoms with E-state index < -0.39 is 0 Å². The Morgan fingerprint density at radius 3 is 2.23 bits per heavy atom. The molecule has 0 spiro atoms. The van der Waals surface area contributed by atoms with Gasteiger partial charge >= 0.3 is 0 Å². The minimum absolute atomic E-state index is 0.759. The first-order valence-electron chi connectivity index (χ1n) is 4.80. The van der Waals surface area contributed by atoms with E-state index in [-0.39, 0.29) is 0 Å². The van der Waals surface area contributed by atoms with Gasteiger partial charge < -0.3 is 4.90 Å². The summed E-state index contributed by atoms with van der Waals surface area (Å²) in [7, 11) is 2.15. The second-order valence-corrected chi connectivity index (χ2v) is 3.83. The normalized spacial score (nSPS) is 17.8. The van der Waals surface area contributed by atoms with E-state index in [1.54, 1.807) is 0 Å². The highest BCUT2D eigenvalue weighted by atomic mass is 15.2. The Labute approximate surface area is 81.4 Å². The van der Waals surface area contributed by atoms with Crippen LogP contribution < -0.4 is 0 Å². The lowest BCUT2D eigenvalue weighted by molar-refractivity contribution is 0.406. The zero-order valence-electron chi connectivity index (χ0n) is 8.93. The van der Waals surface area contributed by atoms with Crippen LogP contribution in [0.4, 0.5) is 0 Å². The maximum Gasteiger partial charge on any atom is 0.0285 e. The molecule has 0 aromatic rings. The monoisotopic (exact) mass is 177 g/mol. The van der Waals surface area contributed by atoms with Crippen molar-refractivity contribution in [2.45, 2.75) is 32.7 Å². The average molecular weight is 177 g/mol. The van der Waals surface area contributed by atoms with Crippen molar-refractivity contribution in [2.75, 3.05) is 7.05 Å². The smallest absolute Gasteiger partial charge is 0.0285 e. The van der Waals surface area contributed by atoms with E-state index in [4.69, 9.17) is 0 Å². The summed E-state index contributed by atoms with van der Waals surface area (Å²) in [6, 6.07) is 0.759. The Bertz CT molecular complexity index is 256. The molecule has 0 unspecified atom stereocenters. The molecular weight excluding hydrogens is 158 g/mol. The molecule has 0 aromatic heterocycles. The molecule has 1 aliphatic rings. The molecule has 13 heavy (non-hydrogen) atoms. The van der Waals surface area contributed by atoms with E-state index in [2.05, 4.69) is 32.0 Å². The lowest BCUT2D eigenvalue weighted by Crippen LogP contribution is -2.19. The molecule has 1 rings (SSSR count). The predicted molar refractivity (Wildman–Crippen MR) is 58.5 cm³/mol. The van der Waals surface area contributed by atoms with Crippen molar-refractivity contribution in [3.63, 3.8) is 0 Å². The summed E-state index contributed by atoms with van der Waals surface area (Å²) in [5.74, 6) is 0. The van der Waals surface area contributed by atoms with Crippen molar-refractivity contribution in [1.82, 2.24) is 4.90 Å². The zero-order chi connectivity index (χ0) is 10.0. The number of rotatable bonds is 4. The van der Waals surface area contributed by atoms with Crippen LogP contribution in [0.1, 0.15) is 26.7 Å². The van der Waals surface area contributed by atoms with Gasteiger partial charge in [-0.2, -0.15) is 0 Å². The Hall–Kier alpha value is -0.980. The maximum atomic E-state index is 3.95. The Morgan fingerprint density at radius 1 is 1.38 bits per heavy atom. The summed E-state index contributed by atoms with van der Waals surface area (Å²) in [6.45, 7) is 11.9. The van der Waals surface area contributed by atoms with Crippen LogP contribution in [0, 0.1) is 0 Å². The summed E-state index contributed by atoms with van der Waals surface area (Å²) in [5.41, 5.74) is 3.58. The van der Waals surface area contributed by atoms with Gasteiger partial charge in [-0.05, 0) is 37.8 Å². The van der Waals surface area contributed by atoms with Crippen molar-refractivity contribution >= 4 is 0 Å². The van der Waals surface area contributed by atoms with Crippen molar-refractivity contribution in [1.29, 1.82) is 0 Å². The quantitative estimate of drug-likeness (QED) is 0.596. The summed E-state index contributed by atoms with van der Waals surface area (Å²) < 4.78 is 0. The van der Waals surface area contributed by atoms with Crippen LogP contribution >= 0.6 is 0 Å². The topological polar surface area (TPSA) is 3.24 Å². The fourth-order valence-corrected chi connectivity index (χ4v) is 1.56. The van der Waals surface area contributed by atoms with Crippen LogP contribution in [0.25, 0.3) is 0 Å².